The van der Waals surface area contributed by atoms with Gasteiger partial charge in [0.1, 0.15) is 0 Å². The van der Waals surface area contributed by atoms with Crippen LogP contribution in [0.2, 0.25) is 0 Å². The van der Waals surface area contributed by atoms with Crippen molar-refractivity contribution >= 4 is 0 Å². The Kier molecular flexibility index (Phi) is 5.17. The summed E-state index contributed by atoms with van der Waals surface area (Å²) in [7, 11) is 0. The molecule has 0 amide bonds. The van der Waals surface area contributed by atoms with Crippen LogP contribution in [-0.2, 0) is 6.54 Å². The van der Waals surface area contributed by atoms with Gasteiger partial charge in [-0.15, -0.1) is 0 Å². The van der Waals surface area contributed by atoms with Crippen LogP contribution in [-0.4, -0.2) is 6.54 Å². The first-order chi connectivity index (χ1) is 9.25. The molecule has 0 spiro atoms. The van der Waals surface area contributed by atoms with Crippen molar-refractivity contribution < 1.29 is 0 Å². The van der Waals surface area contributed by atoms with E-state index in [0.29, 0.717) is 5.92 Å². The van der Waals surface area contributed by atoms with Crippen molar-refractivity contribution in [3.63, 3.8) is 0 Å². The van der Waals surface area contributed by atoms with E-state index in [1.165, 1.54) is 23.1 Å². The molecule has 0 saturated heterocycles. The fourth-order valence-electron chi connectivity index (χ4n) is 2.32. The van der Waals surface area contributed by atoms with E-state index in [0.717, 1.165) is 13.1 Å². The van der Waals surface area contributed by atoms with E-state index in [1.54, 1.807) is 0 Å². The number of hydrogen-bond donors (Lipinski definition) is 1. The fraction of sp³-hybridized carbons (Fsp3) is 0.333. The number of benzene rings is 2. The van der Waals surface area contributed by atoms with Crippen LogP contribution in [0.15, 0.2) is 54.6 Å². The van der Waals surface area contributed by atoms with Crippen molar-refractivity contribution in [1.29, 1.82) is 0 Å². The van der Waals surface area contributed by atoms with Gasteiger partial charge in [0.05, 0.1) is 0 Å². The summed E-state index contributed by atoms with van der Waals surface area (Å²) in [6, 6.07) is 19.4. The highest BCUT2D eigenvalue weighted by molar-refractivity contribution is 5.22. The second-order valence-electron chi connectivity index (χ2n) is 5.27. The fourth-order valence-corrected chi connectivity index (χ4v) is 2.32. The Morgan fingerprint density at radius 3 is 2.53 bits per heavy atom. The first-order valence-corrected chi connectivity index (χ1v) is 7.07. The molecule has 0 heterocycles. The average molecular weight is 253 g/mol. The zero-order chi connectivity index (χ0) is 13.5. The van der Waals surface area contributed by atoms with Crippen LogP contribution < -0.4 is 5.32 Å². The molecule has 0 aliphatic carbocycles. The molecule has 2 rings (SSSR count). The van der Waals surface area contributed by atoms with Crippen molar-refractivity contribution in [3.8, 4) is 0 Å². The van der Waals surface area contributed by atoms with Crippen molar-refractivity contribution in [2.75, 3.05) is 6.54 Å². The molecule has 1 atom stereocenters. The Morgan fingerprint density at radius 1 is 1.00 bits per heavy atom. The van der Waals surface area contributed by atoms with Crippen molar-refractivity contribution in [2.24, 2.45) is 0 Å². The van der Waals surface area contributed by atoms with Gasteiger partial charge < -0.3 is 5.32 Å². The molecule has 0 fully saturated rings. The van der Waals surface area contributed by atoms with Crippen molar-refractivity contribution in [2.45, 2.75) is 32.7 Å². The summed E-state index contributed by atoms with van der Waals surface area (Å²) in [5.41, 5.74) is 4.13. The lowest BCUT2D eigenvalue weighted by Gasteiger charge is -2.12. The van der Waals surface area contributed by atoms with Crippen LogP contribution in [0.3, 0.4) is 0 Å². The molecule has 2 aromatic rings. The van der Waals surface area contributed by atoms with E-state index in [-0.39, 0.29) is 0 Å². The number of aryl methyl sites for hydroxylation is 1. The molecule has 1 unspecified atom stereocenters. The largest absolute Gasteiger partial charge is 0.313 e. The quantitative estimate of drug-likeness (QED) is 0.758. The molecular formula is C18H23N. The SMILES string of the molecule is Cc1cccc(CNCCC(C)c2ccccc2)c1. The van der Waals surface area contributed by atoms with E-state index < -0.39 is 0 Å². The Morgan fingerprint density at radius 2 is 1.79 bits per heavy atom. The van der Waals surface area contributed by atoms with Crippen molar-refractivity contribution in [1.82, 2.24) is 5.32 Å². The van der Waals surface area contributed by atoms with E-state index in [1.807, 2.05) is 0 Å². The summed E-state index contributed by atoms with van der Waals surface area (Å²) in [5.74, 6) is 0.617. The van der Waals surface area contributed by atoms with E-state index in [4.69, 9.17) is 0 Å². The van der Waals surface area contributed by atoms with Crippen LogP contribution in [0, 0.1) is 6.92 Å². The summed E-state index contributed by atoms with van der Waals surface area (Å²) in [6.07, 6.45) is 1.18. The van der Waals surface area contributed by atoms with Crippen LogP contribution >= 0.6 is 0 Å². The summed E-state index contributed by atoms with van der Waals surface area (Å²) >= 11 is 0. The minimum atomic E-state index is 0.617. The van der Waals surface area contributed by atoms with Crippen LogP contribution in [0.25, 0.3) is 0 Å². The van der Waals surface area contributed by atoms with Crippen LogP contribution in [0.4, 0.5) is 0 Å². The van der Waals surface area contributed by atoms with Crippen LogP contribution in [0.1, 0.15) is 36.0 Å². The molecule has 0 bridgehead atoms. The average Bonchev–Trinajstić information content (AvgIpc) is 2.44. The van der Waals surface area contributed by atoms with Gasteiger partial charge in [-0.25, -0.2) is 0 Å². The van der Waals surface area contributed by atoms with Gasteiger partial charge in [-0.2, -0.15) is 0 Å². The van der Waals surface area contributed by atoms with Gasteiger partial charge in [-0.1, -0.05) is 67.1 Å². The number of hydrogen-bond acceptors (Lipinski definition) is 1. The standard InChI is InChI=1S/C18H23N/c1-15-7-6-8-17(13-15)14-19-12-11-16(2)18-9-4-3-5-10-18/h3-10,13,16,19H,11-12,14H2,1-2H3. The lowest BCUT2D eigenvalue weighted by Crippen LogP contribution is -2.16. The Bertz CT molecular complexity index is 490. The maximum atomic E-state index is 3.53. The lowest BCUT2D eigenvalue weighted by atomic mass is 9.98. The molecular weight excluding hydrogens is 230 g/mol. The maximum Gasteiger partial charge on any atom is 0.0205 e. The lowest BCUT2D eigenvalue weighted by molar-refractivity contribution is 0.594. The third kappa shape index (κ3) is 4.53. The molecule has 0 aliphatic heterocycles. The smallest absolute Gasteiger partial charge is 0.0205 e. The van der Waals surface area contributed by atoms with Gasteiger partial charge >= 0.3 is 0 Å². The van der Waals surface area contributed by atoms with Crippen molar-refractivity contribution in [3.05, 3.63) is 71.3 Å². The highest BCUT2D eigenvalue weighted by Crippen LogP contribution is 2.17. The third-order valence-corrected chi connectivity index (χ3v) is 3.53. The molecule has 1 nitrogen and oxygen atoms in total. The summed E-state index contributed by atoms with van der Waals surface area (Å²) in [5, 5.41) is 3.53. The second-order valence-corrected chi connectivity index (χ2v) is 5.27. The molecule has 1 heteroatoms. The molecule has 19 heavy (non-hydrogen) atoms. The molecule has 0 aliphatic rings. The second kappa shape index (κ2) is 7.10. The summed E-state index contributed by atoms with van der Waals surface area (Å²) < 4.78 is 0. The third-order valence-electron chi connectivity index (χ3n) is 3.53. The van der Waals surface area contributed by atoms with E-state index in [9.17, 15) is 0 Å². The molecule has 100 valence electrons. The monoisotopic (exact) mass is 253 g/mol. The highest BCUT2D eigenvalue weighted by Gasteiger charge is 2.03. The molecule has 0 saturated carbocycles. The Hall–Kier alpha value is -1.60. The first kappa shape index (κ1) is 13.8. The molecule has 2 aromatic carbocycles. The van der Waals surface area contributed by atoms with E-state index >= 15 is 0 Å². The number of rotatable bonds is 6. The molecule has 0 aromatic heterocycles. The van der Waals surface area contributed by atoms with E-state index in [2.05, 4.69) is 73.8 Å². The summed E-state index contributed by atoms with van der Waals surface area (Å²) in [6.45, 7) is 6.46. The Labute approximate surface area is 116 Å². The van der Waals surface area contributed by atoms with Gasteiger partial charge in [0, 0.05) is 6.54 Å². The van der Waals surface area contributed by atoms with Crippen LogP contribution in [0.5, 0.6) is 0 Å². The zero-order valence-corrected chi connectivity index (χ0v) is 11.9. The topological polar surface area (TPSA) is 12.0 Å². The van der Waals surface area contributed by atoms with Gasteiger partial charge in [0.25, 0.3) is 0 Å². The first-order valence-electron chi connectivity index (χ1n) is 7.07. The number of nitrogens with one attached hydrogen (secondary N) is 1. The van der Waals surface area contributed by atoms with Gasteiger partial charge in [-0.3, -0.25) is 0 Å². The minimum absolute atomic E-state index is 0.617. The molecule has 0 radical (unpaired) electrons. The summed E-state index contributed by atoms with van der Waals surface area (Å²) in [4.78, 5) is 0. The zero-order valence-electron chi connectivity index (χ0n) is 11.9. The predicted molar refractivity (Wildman–Crippen MR) is 82.4 cm³/mol. The maximum absolute atomic E-state index is 3.53. The normalized spacial score (nSPS) is 12.3. The Balaban J connectivity index is 1.72. The van der Waals surface area contributed by atoms with Gasteiger partial charge in [-0.05, 0) is 36.9 Å². The van der Waals surface area contributed by atoms with Gasteiger partial charge in [0.15, 0.2) is 0 Å². The predicted octanol–water partition coefficient (Wildman–Crippen LogP) is 4.28. The molecule has 1 N–H and O–H groups in total. The highest BCUT2D eigenvalue weighted by atomic mass is 14.8. The van der Waals surface area contributed by atoms with Gasteiger partial charge in [0.2, 0.25) is 0 Å². The minimum Gasteiger partial charge on any atom is -0.313 e.